The number of ether oxygens (including phenoxy) is 4. The van der Waals surface area contributed by atoms with Crippen LogP contribution >= 0.6 is 0 Å². The van der Waals surface area contributed by atoms with Crippen LogP contribution in [0.4, 0.5) is 0 Å². The number of hydrogen-bond donors (Lipinski definition) is 2. The van der Waals surface area contributed by atoms with Crippen LogP contribution in [0.3, 0.4) is 0 Å². The standard InChI is InChI=1S/C48H38N4O4/c1-53-45-36-28-34-26-25-33(49-34)27-35-37(29-17-9-5-10-18-29)38(30-19-11-6-12-20-30)41(50-35)39(31-21-13-7-14-22-31)42-40(32-23-15-8-16-24-32)46(54-2)43(52-42)47(55-3)44(51-36)48(45)56-4/h5-28,50-51H,1-4H3. The lowest BCUT2D eigenvalue weighted by Gasteiger charge is -2.13. The number of benzene rings is 4. The first-order valence-corrected chi connectivity index (χ1v) is 18.3. The van der Waals surface area contributed by atoms with E-state index >= 15 is 0 Å². The zero-order valence-corrected chi connectivity index (χ0v) is 31.4. The monoisotopic (exact) mass is 734 g/mol. The fraction of sp³-hybridized carbons (Fsp3) is 0.0833. The first-order chi connectivity index (χ1) is 27.6. The maximum atomic E-state index is 6.39. The van der Waals surface area contributed by atoms with Crippen molar-refractivity contribution in [2.75, 3.05) is 28.4 Å². The molecule has 0 amide bonds. The summed E-state index contributed by atoms with van der Waals surface area (Å²) in [5.41, 5.74) is 13.5. The maximum absolute atomic E-state index is 6.39. The van der Waals surface area contributed by atoms with Gasteiger partial charge in [0.25, 0.3) is 0 Å². The van der Waals surface area contributed by atoms with Crippen LogP contribution in [-0.2, 0) is 4.74 Å². The summed E-state index contributed by atoms with van der Waals surface area (Å²) in [5.74, 6) is 1.94. The molecule has 8 bridgehead atoms. The van der Waals surface area contributed by atoms with Crippen molar-refractivity contribution in [1.29, 1.82) is 0 Å². The lowest BCUT2D eigenvalue weighted by atomic mass is 9.91. The van der Waals surface area contributed by atoms with E-state index in [1.807, 2.05) is 54.6 Å². The SMILES string of the molecule is COC1=C(c2ccccc2)c2nc1c(OC)c1[nH]c(cc3nc(cc4[nH]c(c2-c2ccccc2)c(-c2ccccc2)c4-c2ccccc2)C=C3)c(OC)c1OC. The molecule has 7 aromatic rings. The third kappa shape index (κ3) is 5.79. The molecule has 5 heterocycles. The van der Waals surface area contributed by atoms with Crippen molar-refractivity contribution in [2.45, 2.75) is 0 Å². The maximum Gasteiger partial charge on any atom is 0.190 e. The number of aromatic nitrogens is 4. The number of rotatable bonds is 8. The molecule has 8 heteroatoms. The van der Waals surface area contributed by atoms with Crippen LogP contribution < -0.4 is 14.2 Å². The van der Waals surface area contributed by atoms with Crippen LogP contribution in [0.5, 0.6) is 17.2 Å². The molecule has 0 radical (unpaired) electrons. The first-order valence-electron chi connectivity index (χ1n) is 18.3. The number of nitrogens with one attached hydrogen (secondary N) is 2. The van der Waals surface area contributed by atoms with Gasteiger partial charge in [-0.25, -0.2) is 9.97 Å². The molecule has 274 valence electrons. The molecule has 2 N–H and O–H groups in total. The molecule has 0 aliphatic carbocycles. The highest BCUT2D eigenvalue weighted by Crippen LogP contribution is 2.50. The Morgan fingerprint density at radius 3 is 1.43 bits per heavy atom. The van der Waals surface area contributed by atoms with Crippen LogP contribution in [0.15, 0.2) is 133 Å². The normalized spacial score (nSPS) is 12.1. The van der Waals surface area contributed by atoms with Crippen LogP contribution in [-0.4, -0.2) is 48.4 Å². The van der Waals surface area contributed by atoms with E-state index in [1.165, 1.54) is 0 Å². The van der Waals surface area contributed by atoms with E-state index in [1.54, 1.807) is 28.4 Å². The lowest BCUT2D eigenvalue weighted by molar-refractivity contribution is 0.357. The van der Waals surface area contributed by atoms with Gasteiger partial charge in [0.2, 0.25) is 0 Å². The molecule has 2 aliphatic heterocycles. The van der Waals surface area contributed by atoms with E-state index in [4.69, 9.17) is 28.9 Å². The molecule has 9 rings (SSSR count). The van der Waals surface area contributed by atoms with Crippen LogP contribution in [0, 0.1) is 0 Å². The Labute approximate surface area is 324 Å². The van der Waals surface area contributed by atoms with Gasteiger partial charge in [-0.3, -0.25) is 0 Å². The molecule has 0 unspecified atom stereocenters. The number of hydrogen-bond acceptors (Lipinski definition) is 6. The summed E-state index contributed by atoms with van der Waals surface area (Å²) in [5, 5.41) is 0. The molecule has 0 saturated carbocycles. The van der Waals surface area contributed by atoms with Crippen molar-refractivity contribution < 1.29 is 18.9 Å². The molecule has 0 atom stereocenters. The number of methoxy groups -OCH3 is 4. The van der Waals surface area contributed by atoms with E-state index in [0.29, 0.717) is 45.4 Å². The third-order valence-corrected chi connectivity index (χ3v) is 10.1. The summed E-state index contributed by atoms with van der Waals surface area (Å²) < 4.78 is 24.6. The Balaban J connectivity index is 1.61. The van der Waals surface area contributed by atoms with Gasteiger partial charge in [-0.05, 0) is 46.5 Å². The molecule has 0 spiro atoms. The molecule has 3 aromatic heterocycles. The highest BCUT2D eigenvalue weighted by atomic mass is 16.5. The average molecular weight is 735 g/mol. The van der Waals surface area contributed by atoms with E-state index in [0.717, 1.165) is 66.9 Å². The Bertz CT molecular complexity index is 2820. The zero-order chi connectivity index (χ0) is 38.2. The number of aromatic amines is 2. The molecular formula is C48H38N4O4. The topological polar surface area (TPSA) is 94.3 Å². The highest BCUT2D eigenvalue weighted by Gasteiger charge is 2.32. The second kappa shape index (κ2) is 14.5. The number of H-pyrrole nitrogens is 2. The zero-order valence-electron chi connectivity index (χ0n) is 31.4. The van der Waals surface area contributed by atoms with Gasteiger partial charge in [-0.1, -0.05) is 121 Å². The Morgan fingerprint density at radius 2 is 0.893 bits per heavy atom. The summed E-state index contributed by atoms with van der Waals surface area (Å²) in [6, 6.07) is 45.6. The Kier molecular flexibility index (Phi) is 8.91. The van der Waals surface area contributed by atoms with Crippen LogP contribution in [0.1, 0.15) is 28.3 Å². The number of fused-ring (bicyclic) bond motifs is 8. The van der Waals surface area contributed by atoms with Gasteiger partial charge in [-0.15, -0.1) is 0 Å². The molecule has 0 saturated heterocycles. The average Bonchev–Trinajstić information content (AvgIpc) is 4.03. The van der Waals surface area contributed by atoms with Gasteiger partial charge in [0.1, 0.15) is 5.52 Å². The summed E-state index contributed by atoms with van der Waals surface area (Å²) >= 11 is 0. The fourth-order valence-electron chi connectivity index (χ4n) is 7.78. The smallest absolute Gasteiger partial charge is 0.190 e. The van der Waals surface area contributed by atoms with Gasteiger partial charge >= 0.3 is 0 Å². The minimum atomic E-state index is 0.421. The van der Waals surface area contributed by atoms with Crippen molar-refractivity contribution >= 4 is 45.6 Å². The summed E-state index contributed by atoms with van der Waals surface area (Å²) in [6.07, 6.45) is 4.01. The minimum Gasteiger partial charge on any atom is -0.494 e. The van der Waals surface area contributed by atoms with Crippen molar-refractivity contribution in [1.82, 2.24) is 19.9 Å². The lowest BCUT2D eigenvalue weighted by Crippen LogP contribution is -1.95. The van der Waals surface area contributed by atoms with Gasteiger partial charge < -0.3 is 28.9 Å². The molecule has 2 aliphatic rings. The van der Waals surface area contributed by atoms with Gasteiger partial charge in [0, 0.05) is 22.2 Å². The quantitative estimate of drug-likeness (QED) is 0.161. The van der Waals surface area contributed by atoms with Gasteiger partial charge in [0.15, 0.2) is 28.7 Å². The second-order valence-corrected chi connectivity index (χ2v) is 13.3. The van der Waals surface area contributed by atoms with Crippen molar-refractivity contribution in [3.8, 4) is 50.6 Å². The largest absolute Gasteiger partial charge is 0.494 e. The van der Waals surface area contributed by atoms with Crippen LogP contribution in [0.25, 0.3) is 78.9 Å². The van der Waals surface area contributed by atoms with E-state index in [9.17, 15) is 0 Å². The molecule has 0 fully saturated rings. The molecule has 8 nitrogen and oxygen atoms in total. The summed E-state index contributed by atoms with van der Waals surface area (Å²) in [4.78, 5) is 18.1. The number of nitrogens with zero attached hydrogens (tertiary/aromatic N) is 2. The first kappa shape index (κ1) is 34.4. The Hall–Kier alpha value is -7.32. The molecular weight excluding hydrogens is 697 g/mol. The van der Waals surface area contributed by atoms with E-state index < -0.39 is 0 Å². The fourth-order valence-corrected chi connectivity index (χ4v) is 7.78. The van der Waals surface area contributed by atoms with E-state index in [-0.39, 0.29) is 0 Å². The molecule has 56 heavy (non-hydrogen) atoms. The predicted octanol–water partition coefficient (Wildman–Crippen LogP) is 11.1. The third-order valence-electron chi connectivity index (χ3n) is 10.1. The minimum absolute atomic E-state index is 0.421. The Morgan fingerprint density at radius 1 is 0.411 bits per heavy atom. The van der Waals surface area contributed by atoms with Crippen molar-refractivity contribution in [3.63, 3.8) is 0 Å². The van der Waals surface area contributed by atoms with Gasteiger partial charge in [0.05, 0.1) is 62.1 Å². The second-order valence-electron chi connectivity index (χ2n) is 13.3. The van der Waals surface area contributed by atoms with Crippen molar-refractivity contribution in [2.24, 2.45) is 0 Å². The van der Waals surface area contributed by atoms with Gasteiger partial charge in [-0.2, -0.15) is 0 Å². The van der Waals surface area contributed by atoms with Crippen molar-refractivity contribution in [3.05, 3.63) is 162 Å². The summed E-state index contributed by atoms with van der Waals surface area (Å²) in [6.45, 7) is 0. The molecule has 4 aromatic carbocycles. The van der Waals surface area contributed by atoms with Crippen LogP contribution in [0.2, 0.25) is 0 Å². The van der Waals surface area contributed by atoms with E-state index in [2.05, 4.69) is 101 Å². The summed E-state index contributed by atoms with van der Waals surface area (Å²) in [7, 11) is 6.52. The predicted molar refractivity (Wildman–Crippen MR) is 225 cm³/mol. The highest BCUT2D eigenvalue weighted by molar-refractivity contribution is 6.12.